The van der Waals surface area contributed by atoms with Crippen LogP contribution in [0.4, 0.5) is 0 Å². The molecule has 3 rings (SSSR count). The molecule has 0 bridgehead atoms. The maximum Gasteiger partial charge on any atom is 0.0946 e. The SMILES string of the molecule is CC(Cn1ccnc1)NC(C)c1cccc2ccccc12. The second kappa shape index (κ2) is 6.10. The number of rotatable bonds is 5. The first-order chi connectivity index (χ1) is 10.2. The summed E-state index contributed by atoms with van der Waals surface area (Å²) in [5, 5.41) is 6.30. The highest BCUT2D eigenvalue weighted by molar-refractivity contribution is 5.86. The fourth-order valence-corrected chi connectivity index (χ4v) is 2.91. The van der Waals surface area contributed by atoms with Gasteiger partial charge in [0.1, 0.15) is 0 Å². The van der Waals surface area contributed by atoms with Crippen LogP contribution in [0, 0.1) is 0 Å². The second-order valence-electron chi connectivity index (χ2n) is 5.62. The van der Waals surface area contributed by atoms with Crippen molar-refractivity contribution in [3.8, 4) is 0 Å². The molecule has 0 fully saturated rings. The number of imidazole rings is 1. The summed E-state index contributed by atoms with van der Waals surface area (Å²) < 4.78 is 2.10. The molecule has 2 aromatic carbocycles. The fourth-order valence-electron chi connectivity index (χ4n) is 2.91. The number of hydrogen-bond acceptors (Lipinski definition) is 2. The Morgan fingerprint density at radius 2 is 1.90 bits per heavy atom. The highest BCUT2D eigenvalue weighted by Crippen LogP contribution is 2.24. The van der Waals surface area contributed by atoms with Crippen molar-refractivity contribution in [3.05, 3.63) is 66.7 Å². The van der Waals surface area contributed by atoms with E-state index in [1.165, 1.54) is 16.3 Å². The molecule has 1 N–H and O–H groups in total. The minimum atomic E-state index is 0.314. The Labute approximate surface area is 125 Å². The van der Waals surface area contributed by atoms with Gasteiger partial charge in [-0.05, 0) is 30.2 Å². The first-order valence-electron chi connectivity index (χ1n) is 7.43. The van der Waals surface area contributed by atoms with E-state index in [-0.39, 0.29) is 0 Å². The third-order valence-electron chi connectivity index (χ3n) is 3.87. The van der Waals surface area contributed by atoms with Crippen molar-refractivity contribution in [1.82, 2.24) is 14.9 Å². The standard InChI is InChI=1S/C18H21N3/c1-14(12-21-11-10-19-13-21)20-15(2)17-9-5-7-16-6-3-4-8-18(16)17/h3-11,13-15,20H,12H2,1-2H3. The first-order valence-corrected chi connectivity index (χ1v) is 7.43. The molecule has 1 aromatic heterocycles. The van der Waals surface area contributed by atoms with Crippen LogP contribution in [-0.4, -0.2) is 15.6 Å². The minimum Gasteiger partial charge on any atom is -0.336 e. The smallest absolute Gasteiger partial charge is 0.0946 e. The Kier molecular flexibility index (Phi) is 4.02. The van der Waals surface area contributed by atoms with Crippen molar-refractivity contribution < 1.29 is 0 Å². The molecule has 2 atom stereocenters. The quantitative estimate of drug-likeness (QED) is 0.770. The number of fused-ring (bicyclic) bond motifs is 1. The van der Waals surface area contributed by atoms with Crippen LogP contribution in [0.5, 0.6) is 0 Å². The Morgan fingerprint density at radius 1 is 1.10 bits per heavy atom. The first kappa shape index (κ1) is 13.8. The maximum absolute atomic E-state index is 4.09. The monoisotopic (exact) mass is 279 g/mol. The van der Waals surface area contributed by atoms with Gasteiger partial charge in [-0.15, -0.1) is 0 Å². The summed E-state index contributed by atoms with van der Waals surface area (Å²) in [4.78, 5) is 4.09. The molecule has 0 aliphatic carbocycles. The molecule has 3 heteroatoms. The summed E-state index contributed by atoms with van der Waals surface area (Å²) >= 11 is 0. The third kappa shape index (κ3) is 3.14. The Hall–Kier alpha value is -2.13. The van der Waals surface area contributed by atoms with Crippen LogP contribution in [0.25, 0.3) is 10.8 Å². The van der Waals surface area contributed by atoms with Crippen molar-refractivity contribution in [2.75, 3.05) is 0 Å². The molecule has 0 spiro atoms. The van der Waals surface area contributed by atoms with E-state index >= 15 is 0 Å². The fraction of sp³-hybridized carbons (Fsp3) is 0.278. The zero-order valence-corrected chi connectivity index (χ0v) is 12.5. The second-order valence-corrected chi connectivity index (χ2v) is 5.62. The van der Waals surface area contributed by atoms with Crippen molar-refractivity contribution in [3.63, 3.8) is 0 Å². The van der Waals surface area contributed by atoms with Crippen molar-refractivity contribution in [2.45, 2.75) is 32.5 Å². The lowest BCUT2D eigenvalue weighted by Gasteiger charge is -2.22. The number of benzene rings is 2. The normalized spacial score (nSPS) is 14.2. The largest absolute Gasteiger partial charge is 0.336 e. The summed E-state index contributed by atoms with van der Waals surface area (Å²) in [7, 11) is 0. The van der Waals surface area contributed by atoms with Crippen LogP contribution in [0.2, 0.25) is 0 Å². The van der Waals surface area contributed by atoms with Crippen LogP contribution in [0.1, 0.15) is 25.5 Å². The van der Waals surface area contributed by atoms with Gasteiger partial charge >= 0.3 is 0 Å². The van der Waals surface area contributed by atoms with E-state index < -0.39 is 0 Å². The molecule has 0 aliphatic heterocycles. The molecular weight excluding hydrogens is 258 g/mol. The van der Waals surface area contributed by atoms with E-state index in [0.717, 1.165) is 6.54 Å². The summed E-state index contributed by atoms with van der Waals surface area (Å²) in [6.07, 6.45) is 5.68. The molecule has 108 valence electrons. The van der Waals surface area contributed by atoms with Crippen molar-refractivity contribution in [2.24, 2.45) is 0 Å². The topological polar surface area (TPSA) is 29.9 Å². The molecule has 3 nitrogen and oxygen atoms in total. The zero-order valence-electron chi connectivity index (χ0n) is 12.5. The van der Waals surface area contributed by atoms with Crippen LogP contribution in [0.15, 0.2) is 61.2 Å². The Morgan fingerprint density at radius 3 is 2.71 bits per heavy atom. The molecule has 0 saturated carbocycles. The van der Waals surface area contributed by atoms with Gasteiger partial charge in [-0.2, -0.15) is 0 Å². The molecule has 21 heavy (non-hydrogen) atoms. The summed E-state index contributed by atoms with van der Waals surface area (Å²) in [5.74, 6) is 0. The lowest BCUT2D eigenvalue weighted by Crippen LogP contribution is -2.32. The molecule has 0 saturated heterocycles. The van der Waals surface area contributed by atoms with Gasteiger partial charge in [0.15, 0.2) is 0 Å². The van der Waals surface area contributed by atoms with Crippen LogP contribution in [0.3, 0.4) is 0 Å². The predicted molar refractivity (Wildman–Crippen MR) is 87.2 cm³/mol. The Balaban J connectivity index is 1.76. The zero-order chi connectivity index (χ0) is 14.7. The van der Waals surface area contributed by atoms with E-state index in [1.807, 2.05) is 18.7 Å². The molecule has 0 radical (unpaired) electrons. The van der Waals surface area contributed by atoms with Crippen LogP contribution >= 0.6 is 0 Å². The summed E-state index contributed by atoms with van der Waals surface area (Å²) in [5.41, 5.74) is 1.35. The third-order valence-corrected chi connectivity index (χ3v) is 3.87. The summed E-state index contributed by atoms with van der Waals surface area (Å²) in [6, 6.07) is 15.8. The Bertz CT molecular complexity index is 698. The van der Waals surface area contributed by atoms with Gasteiger partial charge in [-0.1, -0.05) is 42.5 Å². The average molecular weight is 279 g/mol. The van der Waals surface area contributed by atoms with E-state index in [1.54, 1.807) is 0 Å². The van der Waals surface area contributed by atoms with Crippen molar-refractivity contribution in [1.29, 1.82) is 0 Å². The maximum atomic E-state index is 4.09. The van der Waals surface area contributed by atoms with Gasteiger partial charge in [0, 0.05) is 31.0 Å². The average Bonchev–Trinajstić information content (AvgIpc) is 2.99. The number of hydrogen-bond donors (Lipinski definition) is 1. The van der Waals surface area contributed by atoms with E-state index in [0.29, 0.717) is 12.1 Å². The number of nitrogens with zero attached hydrogens (tertiary/aromatic N) is 2. The number of aromatic nitrogens is 2. The molecule has 2 unspecified atom stereocenters. The van der Waals surface area contributed by atoms with E-state index in [9.17, 15) is 0 Å². The van der Waals surface area contributed by atoms with Crippen molar-refractivity contribution >= 4 is 10.8 Å². The minimum absolute atomic E-state index is 0.314. The molecule has 0 amide bonds. The van der Waals surface area contributed by atoms with Gasteiger partial charge < -0.3 is 9.88 Å². The molecule has 3 aromatic rings. The van der Waals surface area contributed by atoms with E-state index in [2.05, 4.69) is 71.2 Å². The van der Waals surface area contributed by atoms with Crippen LogP contribution in [-0.2, 0) is 6.54 Å². The van der Waals surface area contributed by atoms with E-state index in [4.69, 9.17) is 0 Å². The van der Waals surface area contributed by atoms with Gasteiger partial charge in [0.25, 0.3) is 0 Å². The lowest BCUT2D eigenvalue weighted by molar-refractivity contribution is 0.431. The van der Waals surface area contributed by atoms with Gasteiger partial charge in [-0.3, -0.25) is 0 Å². The number of nitrogens with one attached hydrogen (secondary N) is 1. The molecule has 1 heterocycles. The molecular formula is C18H21N3. The van der Waals surface area contributed by atoms with Crippen LogP contribution < -0.4 is 5.32 Å². The highest BCUT2D eigenvalue weighted by atomic mass is 15.1. The highest BCUT2D eigenvalue weighted by Gasteiger charge is 2.12. The summed E-state index contributed by atoms with van der Waals surface area (Å²) in [6.45, 7) is 5.36. The van der Waals surface area contributed by atoms with Gasteiger partial charge in [0.05, 0.1) is 6.33 Å². The van der Waals surface area contributed by atoms with Gasteiger partial charge in [0.2, 0.25) is 0 Å². The predicted octanol–water partition coefficient (Wildman–Crippen LogP) is 3.78. The molecule has 0 aliphatic rings. The van der Waals surface area contributed by atoms with Gasteiger partial charge in [-0.25, -0.2) is 4.98 Å². The lowest BCUT2D eigenvalue weighted by atomic mass is 9.99.